The van der Waals surface area contributed by atoms with Gasteiger partial charge in [-0.1, -0.05) is 34.1 Å². The molecule has 3 rings (SSSR count). The Labute approximate surface area is 125 Å². The lowest BCUT2D eigenvalue weighted by atomic mass is 10.0. The molecule has 0 fully saturated rings. The molecule has 2 aromatic heterocycles. The van der Waals surface area contributed by atoms with E-state index in [2.05, 4.69) is 21.0 Å². The lowest BCUT2D eigenvalue weighted by Crippen LogP contribution is -1.98. The molecule has 0 saturated heterocycles. The van der Waals surface area contributed by atoms with Crippen molar-refractivity contribution in [1.82, 2.24) is 9.78 Å². The Morgan fingerprint density at radius 2 is 2.05 bits per heavy atom. The highest BCUT2D eigenvalue weighted by Gasteiger charge is 2.20. The number of hydrogen-bond acceptors (Lipinski definition) is 3. The predicted octanol–water partition coefficient (Wildman–Crippen LogP) is 4.00. The van der Waals surface area contributed by atoms with Crippen molar-refractivity contribution in [3.63, 3.8) is 0 Å². The molecular formula is C15H14BrN3O. The topological polar surface area (TPSA) is 57.0 Å². The fourth-order valence-electron chi connectivity index (χ4n) is 2.24. The first kappa shape index (κ1) is 13.0. The van der Waals surface area contributed by atoms with Gasteiger partial charge in [0.2, 0.25) is 0 Å². The maximum Gasteiger partial charge on any atom is 0.129 e. The molecule has 0 saturated carbocycles. The van der Waals surface area contributed by atoms with Crippen LogP contribution >= 0.6 is 15.9 Å². The summed E-state index contributed by atoms with van der Waals surface area (Å²) in [4.78, 5) is 0. The fraction of sp³-hybridized carbons (Fsp3) is 0.133. The van der Waals surface area contributed by atoms with Crippen LogP contribution in [-0.4, -0.2) is 9.78 Å². The van der Waals surface area contributed by atoms with Gasteiger partial charge in [0, 0.05) is 22.6 Å². The number of aryl methyl sites for hydroxylation is 2. The summed E-state index contributed by atoms with van der Waals surface area (Å²) in [7, 11) is 1.84. The Kier molecular flexibility index (Phi) is 3.14. The number of halogens is 1. The van der Waals surface area contributed by atoms with Gasteiger partial charge in [-0.25, -0.2) is 0 Å². The molecule has 5 heteroatoms. The minimum atomic E-state index is 0.630. The zero-order valence-corrected chi connectivity index (χ0v) is 12.8. The minimum absolute atomic E-state index is 0.630. The van der Waals surface area contributed by atoms with Gasteiger partial charge in [-0.15, -0.1) is 0 Å². The van der Waals surface area contributed by atoms with Crippen LogP contribution in [0.2, 0.25) is 0 Å². The summed E-state index contributed by atoms with van der Waals surface area (Å²) < 4.78 is 8.06. The van der Waals surface area contributed by atoms with Crippen LogP contribution in [0.5, 0.6) is 0 Å². The Morgan fingerprint density at radius 3 is 2.70 bits per heavy atom. The standard InChI is InChI=1S/C15H14BrN3O/c1-9-7-10(8-20-9)14-13(15(17)19(2)18-14)11-5-3-4-6-12(11)16/h3-8H,17H2,1-2H3. The second-order valence-electron chi connectivity index (χ2n) is 4.66. The van der Waals surface area contributed by atoms with Crippen LogP contribution in [0.25, 0.3) is 22.4 Å². The number of nitrogens with zero attached hydrogens (tertiary/aromatic N) is 2. The first-order chi connectivity index (χ1) is 9.58. The van der Waals surface area contributed by atoms with Crippen LogP contribution in [0.1, 0.15) is 5.76 Å². The average molecular weight is 332 g/mol. The third-order valence-corrected chi connectivity index (χ3v) is 3.93. The molecule has 0 bridgehead atoms. The zero-order chi connectivity index (χ0) is 14.3. The van der Waals surface area contributed by atoms with Crippen molar-refractivity contribution in [2.45, 2.75) is 6.92 Å². The van der Waals surface area contributed by atoms with E-state index < -0.39 is 0 Å². The van der Waals surface area contributed by atoms with Gasteiger partial charge in [-0.05, 0) is 19.1 Å². The first-order valence-electron chi connectivity index (χ1n) is 6.21. The second-order valence-corrected chi connectivity index (χ2v) is 5.51. The van der Waals surface area contributed by atoms with Gasteiger partial charge in [0.1, 0.15) is 23.5 Å². The number of nitrogens with two attached hydrogens (primary N) is 1. The van der Waals surface area contributed by atoms with Gasteiger partial charge < -0.3 is 10.2 Å². The third kappa shape index (κ3) is 2.04. The van der Waals surface area contributed by atoms with Crippen LogP contribution in [0.4, 0.5) is 5.82 Å². The maximum atomic E-state index is 6.20. The predicted molar refractivity (Wildman–Crippen MR) is 83.2 cm³/mol. The largest absolute Gasteiger partial charge is 0.469 e. The Balaban J connectivity index is 2.28. The molecule has 2 heterocycles. The molecule has 0 aliphatic carbocycles. The zero-order valence-electron chi connectivity index (χ0n) is 11.2. The number of anilines is 1. The lowest BCUT2D eigenvalue weighted by Gasteiger charge is -2.05. The molecular weight excluding hydrogens is 318 g/mol. The number of hydrogen-bond donors (Lipinski definition) is 1. The highest BCUT2D eigenvalue weighted by molar-refractivity contribution is 9.10. The van der Waals surface area contributed by atoms with Crippen molar-refractivity contribution in [2.24, 2.45) is 7.05 Å². The number of furan rings is 1. The number of nitrogen functional groups attached to an aromatic ring is 1. The smallest absolute Gasteiger partial charge is 0.129 e. The summed E-state index contributed by atoms with van der Waals surface area (Å²) in [6.45, 7) is 1.91. The van der Waals surface area contributed by atoms with Gasteiger partial charge in [-0.2, -0.15) is 5.10 Å². The van der Waals surface area contributed by atoms with Crippen LogP contribution in [0.3, 0.4) is 0 Å². The molecule has 20 heavy (non-hydrogen) atoms. The Hall–Kier alpha value is -2.01. The van der Waals surface area contributed by atoms with Crippen LogP contribution < -0.4 is 5.73 Å². The van der Waals surface area contributed by atoms with Crippen LogP contribution in [0, 0.1) is 6.92 Å². The number of aromatic nitrogens is 2. The molecule has 2 N–H and O–H groups in total. The maximum absolute atomic E-state index is 6.20. The summed E-state index contributed by atoms with van der Waals surface area (Å²) in [5.74, 6) is 1.48. The molecule has 0 aliphatic heterocycles. The van der Waals surface area contributed by atoms with Crippen molar-refractivity contribution in [2.75, 3.05) is 5.73 Å². The minimum Gasteiger partial charge on any atom is -0.469 e. The number of rotatable bonds is 2. The van der Waals surface area contributed by atoms with E-state index in [1.807, 2.05) is 44.3 Å². The van der Waals surface area contributed by atoms with Gasteiger partial charge in [0.15, 0.2) is 0 Å². The summed E-state index contributed by atoms with van der Waals surface area (Å²) in [6.07, 6.45) is 1.71. The molecule has 0 radical (unpaired) electrons. The van der Waals surface area contributed by atoms with E-state index in [9.17, 15) is 0 Å². The van der Waals surface area contributed by atoms with Crippen molar-refractivity contribution >= 4 is 21.7 Å². The number of benzene rings is 1. The van der Waals surface area contributed by atoms with Crippen LogP contribution in [0.15, 0.2) is 45.5 Å². The van der Waals surface area contributed by atoms with E-state index in [4.69, 9.17) is 10.2 Å². The fourth-order valence-corrected chi connectivity index (χ4v) is 2.72. The van der Waals surface area contributed by atoms with E-state index in [1.54, 1.807) is 10.9 Å². The van der Waals surface area contributed by atoms with Crippen LogP contribution in [-0.2, 0) is 7.05 Å². The second kappa shape index (κ2) is 4.83. The summed E-state index contributed by atoms with van der Waals surface area (Å²) in [5, 5.41) is 4.52. The lowest BCUT2D eigenvalue weighted by molar-refractivity contribution is 0.535. The highest BCUT2D eigenvalue weighted by atomic mass is 79.9. The third-order valence-electron chi connectivity index (χ3n) is 3.24. The average Bonchev–Trinajstić information content (AvgIpc) is 2.96. The summed E-state index contributed by atoms with van der Waals surface area (Å²) in [5.41, 5.74) is 9.89. The molecule has 0 aliphatic rings. The molecule has 102 valence electrons. The molecule has 0 spiro atoms. The van der Waals surface area contributed by atoms with Gasteiger partial charge in [0.25, 0.3) is 0 Å². The molecule has 0 atom stereocenters. The molecule has 3 aromatic rings. The van der Waals surface area contributed by atoms with Gasteiger partial charge in [-0.3, -0.25) is 4.68 Å². The normalized spacial score (nSPS) is 10.9. The highest BCUT2D eigenvalue weighted by Crippen LogP contribution is 2.39. The molecule has 0 unspecified atom stereocenters. The summed E-state index contributed by atoms with van der Waals surface area (Å²) in [6, 6.07) is 9.93. The van der Waals surface area contributed by atoms with Crippen molar-refractivity contribution in [1.29, 1.82) is 0 Å². The van der Waals surface area contributed by atoms with Crippen molar-refractivity contribution in [3.8, 4) is 22.4 Å². The van der Waals surface area contributed by atoms with E-state index in [0.29, 0.717) is 5.82 Å². The first-order valence-corrected chi connectivity index (χ1v) is 7.00. The van der Waals surface area contributed by atoms with E-state index in [1.165, 1.54) is 0 Å². The molecule has 1 aromatic carbocycles. The monoisotopic (exact) mass is 331 g/mol. The van der Waals surface area contributed by atoms with E-state index in [-0.39, 0.29) is 0 Å². The van der Waals surface area contributed by atoms with Gasteiger partial charge in [0.05, 0.1) is 5.56 Å². The molecule has 0 amide bonds. The van der Waals surface area contributed by atoms with Crippen molar-refractivity contribution < 1.29 is 4.42 Å². The summed E-state index contributed by atoms with van der Waals surface area (Å²) >= 11 is 3.57. The van der Waals surface area contributed by atoms with E-state index in [0.717, 1.165) is 32.6 Å². The van der Waals surface area contributed by atoms with Crippen molar-refractivity contribution in [3.05, 3.63) is 46.8 Å². The van der Waals surface area contributed by atoms with E-state index >= 15 is 0 Å². The quantitative estimate of drug-likeness (QED) is 0.772. The SMILES string of the molecule is Cc1cc(-c2nn(C)c(N)c2-c2ccccc2Br)co1. The Bertz CT molecular complexity index is 773. The van der Waals surface area contributed by atoms with Gasteiger partial charge >= 0.3 is 0 Å². The molecule has 4 nitrogen and oxygen atoms in total. The Morgan fingerprint density at radius 1 is 1.30 bits per heavy atom.